The van der Waals surface area contributed by atoms with Crippen molar-refractivity contribution in [2.24, 2.45) is 5.92 Å². The summed E-state index contributed by atoms with van der Waals surface area (Å²) in [5.41, 5.74) is 1.11. The first-order chi connectivity index (χ1) is 10.5. The van der Waals surface area contributed by atoms with Gasteiger partial charge in [0.1, 0.15) is 11.9 Å². The molecule has 0 amide bonds. The average Bonchev–Trinajstić information content (AvgIpc) is 2.97. The Kier molecular flexibility index (Phi) is 4.62. The number of ether oxygens (including phenoxy) is 1. The SMILES string of the molecule is C[Si](C)(C)c1ccoc1C1CC=C(C2CCCCC2)C(O)O1. The van der Waals surface area contributed by atoms with Crippen LogP contribution < -0.4 is 5.19 Å². The van der Waals surface area contributed by atoms with Gasteiger partial charge in [-0.1, -0.05) is 45.0 Å². The molecule has 0 spiro atoms. The summed E-state index contributed by atoms with van der Waals surface area (Å²) in [5, 5.41) is 11.8. The minimum Gasteiger partial charge on any atom is -0.467 e. The summed E-state index contributed by atoms with van der Waals surface area (Å²) in [6, 6.07) is 2.08. The van der Waals surface area contributed by atoms with Crippen molar-refractivity contribution in [1.82, 2.24) is 0 Å². The van der Waals surface area contributed by atoms with Crippen LogP contribution >= 0.6 is 0 Å². The maximum atomic E-state index is 10.5. The van der Waals surface area contributed by atoms with Crippen molar-refractivity contribution in [1.29, 1.82) is 0 Å². The van der Waals surface area contributed by atoms with E-state index in [9.17, 15) is 5.11 Å². The molecule has 0 radical (unpaired) electrons. The van der Waals surface area contributed by atoms with Crippen molar-refractivity contribution < 1.29 is 14.3 Å². The molecule has 1 aromatic rings. The first kappa shape index (κ1) is 16.0. The van der Waals surface area contributed by atoms with Crippen molar-refractivity contribution in [3.05, 3.63) is 29.7 Å². The largest absolute Gasteiger partial charge is 0.467 e. The van der Waals surface area contributed by atoms with Gasteiger partial charge in [0.2, 0.25) is 0 Å². The molecule has 0 aromatic carbocycles. The van der Waals surface area contributed by atoms with Gasteiger partial charge < -0.3 is 14.3 Å². The molecule has 3 rings (SSSR count). The fraction of sp³-hybridized carbons (Fsp3) is 0.667. The molecule has 22 heavy (non-hydrogen) atoms. The summed E-state index contributed by atoms with van der Waals surface area (Å²) in [7, 11) is -1.46. The lowest BCUT2D eigenvalue weighted by Crippen LogP contribution is -2.40. The van der Waals surface area contributed by atoms with Crippen molar-refractivity contribution in [2.75, 3.05) is 0 Å². The quantitative estimate of drug-likeness (QED) is 0.673. The molecule has 1 saturated carbocycles. The Labute approximate surface area is 134 Å². The lowest BCUT2D eigenvalue weighted by Gasteiger charge is -2.33. The fourth-order valence-corrected chi connectivity index (χ4v) is 5.32. The van der Waals surface area contributed by atoms with E-state index in [0.717, 1.165) is 17.8 Å². The zero-order chi connectivity index (χ0) is 15.7. The Morgan fingerprint density at radius 3 is 2.50 bits per heavy atom. The second-order valence-electron chi connectivity index (χ2n) is 7.70. The monoisotopic (exact) mass is 320 g/mol. The molecule has 2 unspecified atom stereocenters. The third-order valence-electron chi connectivity index (χ3n) is 5.02. The summed E-state index contributed by atoms with van der Waals surface area (Å²) in [6.45, 7) is 6.93. The van der Waals surface area contributed by atoms with Gasteiger partial charge in [-0.25, -0.2) is 0 Å². The topological polar surface area (TPSA) is 42.6 Å². The summed E-state index contributed by atoms with van der Waals surface area (Å²) in [4.78, 5) is 0. The number of hydrogen-bond acceptors (Lipinski definition) is 3. The van der Waals surface area contributed by atoms with Gasteiger partial charge in [0, 0.05) is 0 Å². The molecule has 4 heteroatoms. The lowest BCUT2D eigenvalue weighted by molar-refractivity contribution is -0.132. The van der Waals surface area contributed by atoms with Crippen LogP contribution in [0.2, 0.25) is 19.6 Å². The normalized spacial score (nSPS) is 27.7. The predicted molar refractivity (Wildman–Crippen MR) is 90.8 cm³/mol. The van der Waals surface area contributed by atoms with Gasteiger partial charge in [-0.3, -0.25) is 0 Å². The Balaban J connectivity index is 1.77. The highest BCUT2D eigenvalue weighted by atomic mass is 28.3. The average molecular weight is 321 g/mol. The van der Waals surface area contributed by atoms with E-state index >= 15 is 0 Å². The number of hydrogen-bond donors (Lipinski definition) is 1. The molecule has 1 aliphatic carbocycles. The number of aliphatic hydroxyl groups excluding tert-OH is 1. The summed E-state index contributed by atoms with van der Waals surface area (Å²) >= 11 is 0. The van der Waals surface area contributed by atoms with Crippen LogP contribution in [0, 0.1) is 5.92 Å². The second-order valence-corrected chi connectivity index (χ2v) is 12.7. The van der Waals surface area contributed by atoms with E-state index < -0.39 is 14.4 Å². The third-order valence-corrected chi connectivity index (χ3v) is 7.05. The molecule has 2 atom stereocenters. The molecular weight excluding hydrogens is 292 g/mol. The molecule has 0 bridgehead atoms. The van der Waals surface area contributed by atoms with Gasteiger partial charge in [-0.05, 0) is 42.0 Å². The highest BCUT2D eigenvalue weighted by molar-refractivity contribution is 6.89. The van der Waals surface area contributed by atoms with Crippen molar-refractivity contribution in [2.45, 2.75) is 70.6 Å². The molecule has 1 aromatic heterocycles. The Hall–Kier alpha value is -0.843. The van der Waals surface area contributed by atoms with Crippen LogP contribution in [0.5, 0.6) is 0 Å². The van der Waals surface area contributed by atoms with Crippen molar-refractivity contribution >= 4 is 13.3 Å². The molecule has 2 heterocycles. The standard InChI is InChI=1S/C18H28O3Si/c1-22(2,3)16-11-12-20-17(16)15-10-9-14(18(19)21-15)13-7-5-4-6-8-13/h9,11-13,15,18-19H,4-8,10H2,1-3H3. The first-order valence-corrected chi connectivity index (χ1v) is 12.1. The van der Waals surface area contributed by atoms with Gasteiger partial charge in [0.15, 0.2) is 6.29 Å². The van der Waals surface area contributed by atoms with Gasteiger partial charge in [-0.2, -0.15) is 0 Å². The summed E-state index contributed by atoms with van der Waals surface area (Å²) in [5.74, 6) is 1.44. The minimum atomic E-state index is -1.46. The highest BCUT2D eigenvalue weighted by Crippen LogP contribution is 2.38. The van der Waals surface area contributed by atoms with Gasteiger partial charge in [0.25, 0.3) is 0 Å². The summed E-state index contributed by atoms with van der Waals surface area (Å²) < 4.78 is 11.7. The van der Waals surface area contributed by atoms with Crippen LogP contribution in [0.1, 0.15) is 50.4 Å². The molecule has 2 aliphatic rings. The van der Waals surface area contributed by atoms with E-state index in [1.165, 1.54) is 37.3 Å². The number of furan rings is 1. The maximum absolute atomic E-state index is 10.5. The van der Waals surface area contributed by atoms with E-state index in [4.69, 9.17) is 9.15 Å². The van der Waals surface area contributed by atoms with Gasteiger partial charge >= 0.3 is 0 Å². The Morgan fingerprint density at radius 1 is 1.14 bits per heavy atom. The van der Waals surface area contributed by atoms with E-state index in [-0.39, 0.29) is 6.10 Å². The molecule has 122 valence electrons. The number of rotatable bonds is 3. The van der Waals surface area contributed by atoms with E-state index in [1.54, 1.807) is 6.26 Å². The van der Waals surface area contributed by atoms with Crippen LogP contribution in [0.25, 0.3) is 0 Å². The third kappa shape index (κ3) is 3.24. The van der Waals surface area contributed by atoms with Gasteiger partial charge in [-0.15, -0.1) is 0 Å². The van der Waals surface area contributed by atoms with E-state index in [1.807, 2.05) is 0 Å². The van der Waals surface area contributed by atoms with Crippen LogP contribution in [0.4, 0.5) is 0 Å². The van der Waals surface area contributed by atoms with Crippen LogP contribution in [0.3, 0.4) is 0 Å². The van der Waals surface area contributed by atoms with Crippen molar-refractivity contribution in [3.8, 4) is 0 Å². The van der Waals surface area contributed by atoms with E-state index in [2.05, 4.69) is 31.8 Å². The molecule has 0 saturated heterocycles. The van der Waals surface area contributed by atoms with E-state index in [0.29, 0.717) is 5.92 Å². The molecule has 1 aliphatic heterocycles. The second kappa shape index (κ2) is 6.34. The Bertz CT molecular complexity index is 535. The highest BCUT2D eigenvalue weighted by Gasteiger charge is 2.34. The predicted octanol–water partition coefficient (Wildman–Crippen LogP) is 4.11. The smallest absolute Gasteiger partial charge is 0.178 e. The first-order valence-electron chi connectivity index (χ1n) is 8.58. The van der Waals surface area contributed by atoms with Crippen LogP contribution in [-0.2, 0) is 4.74 Å². The zero-order valence-corrected chi connectivity index (χ0v) is 15.0. The molecule has 3 nitrogen and oxygen atoms in total. The molecular formula is C18H28O3Si. The van der Waals surface area contributed by atoms with Crippen LogP contribution in [-0.4, -0.2) is 19.5 Å². The summed E-state index contributed by atoms with van der Waals surface area (Å²) in [6.07, 6.45) is 10.1. The molecule has 1 fully saturated rings. The van der Waals surface area contributed by atoms with Gasteiger partial charge in [0.05, 0.1) is 14.3 Å². The van der Waals surface area contributed by atoms with Crippen LogP contribution in [0.15, 0.2) is 28.4 Å². The number of aliphatic hydroxyl groups is 1. The fourth-order valence-electron chi connectivity index (χ4n) is 3.80. The Morgan fingerprint density at radius 2 is 1.86 bits per heavy atom. The zero-order valence-electron chi connectivity index (χ0n) is 14.0. The molecule has 1 N–H and O–H groups in total. The van der Waals surface area contributed by atoms with Crippen molar-refractivity contribution in [3.63, 3.8) is 0 Å². The lowest BCUT2D eigenvalue weighted by atomic mass is 9.82. The minimum absolute atomic E-state index is 0.140. The maximum Gasteiger partial charge on any atom is 0.178 e.